The Labute approximate surface area is 127 Å². The quantitative estimate of drug-likeness (QED) is 0.726. The Kier molecular flexibility index (Phi) is 4.98. The molecule has 21 heavy (non-hydrogen) atoms. The molecule has 0 saturated carbocycles. The number of H-pyrrole nitrogens is 1. The fraction of sp³-hybridized carbons (Fsp3) is 0.154. The molecule has 0 aliphatic heterocycles. The molecule has 4 N–H and O–H groups in total. The van der Waals surface area contributed by atoms with E-state index in [-0.39, 0.29) is 23.0 Å². The molecule has 0 radical (unpaired) electrons. The fourth-order valence-electron chi connectivity index (χ4n) is 1.58. The van der Waals surface area contributed by atoms with Crippen molar-refractivity contribution in [3.8, 4) is 11.8 Å². The number of nitrogens with one attached hydrogen (secondary N) is 2. The lowest BCUT2D eigenvalue weighted by molar-refractivity contribution is 0.580. The van der Waals surface area contributed by atoms with Crippen molar-refractivity contribution in [2.24, 2.45) is 5.73 Å². The van der Waals surface area contributed by atoms with E-state index in [1.54, 1.807) is 6.07 Å². The standard InChI is InChI=1S/C13H13ClN4O2S/c14-12-6-10(2-1-5-15)3-4-13(12)21(19,20)18-8-11-7-16-9-17-11/h3-4,6-7,9,18H,5,8,15H2,(H,16,17). The Balaban J connectivity index is 2.19. The molecule has 0 unspecified atom stereocenters. The van der Waals surface area contributed by atoms with Crippen LogP contribution < -0.4 is 10.5 Å². The summed E-state index contributed by atoms with van der Waals surface area (Å²) in [5.41, 5.74) is 6.54. The van der Waals surface area contributed by atoms with Gasteiger partial charge in [-0.2, -0.15) is 0 Å². The van der Waals surface area contributed by atoms with E-state index in [4.69, 9.17) is 17.3 Å². The summed E-state index contributed by atoms with van der Waals surface area (Å²) in [5.74, 6) is 5.47. The minimum atomic E-state index is -3.71. The molecule has 2 rings (SSSR count). The zero-order chi connectivity index (χ0) is 15.3. The lowest BCUT2D eigenvalue weighted by Crippen LogP contribution is -2.23. The summed E-state index contributed by atoms with van der Waals surface area (Å²) in [6.07, 6.45) is 3.01. The molecule has 8 heteroatoms. The van der Waals surface area contributed by atoms with Gasteiger partial charge in [0.2, 0.25) is 10.0 Å². The van der Waals surface area contributed by atoms with Gasteiger partial charge in [-0.05, 0) is 18.2 Å². The van der Waals surface area contributed by atoms with Gasteiger partial charge < -0.3 is 10.7 Å². The van der Waals surface area contributed by atoms with Crippen LogP contribution in [0.15, 0.2) is 35.6 Å². The Hall–Kier alpha value is -1.85. The highest BCUT2D eigenvalue weighted by molar-refractivity contribution is 7.89. The predicted molar refractivity (Wildman–Crippen MR) is 80.0 cm³/mol. The third-order valence-electron chi connectivity index (χ3n) is 2.56. The van der Waals surface area contributed by atoms with E-state index in [9.17, 15) is 8.42 Å². The molecule has 1 heterocycles. The Morgan fingerprint density at radius 3 is 2.86 bits per heavy atom. The molecule has 0 aliphatic carbocycles. The van der Waals surface area contributed by atoms with Crippen molar-refractivity contribution in [2.75, 3.05) is 6.54 Å². The van der Waals surface area contributed by atoms with Crippen LogP contribution in [0.1, 0.15) is 11.3 Å². The molecule has 0 aliphatic rings. The van der Waals surface area contributed by atoms with Crippen LogP contribution in [-0.4, -0.2) is 24.9 Å². The van der Waals surface area contributed by atoms with E-state index in [0.717, 1.165) is 0 Å². The molecule has 0 bridgehead atoms. The number of imidazole rings is 1. The second-order valence-electron chi connectivity index (χ2n) is 4.05. The molecule has 0 amide bonds. The van der Waals surface area contributed by atoms with Crippen LogP contribution in [-0.2, 0) is 16.6 Å². The van der Waals surface area contributed by atoms with Gasteiger partial charge in [-0.15, -0.1) is 0 Å². The Morgan fingerprint density at radius 2 is 2.24 bits per heavy atom. The molecule has 2 aromatic rings. The molecular weight excluding hydrogens is 312 g/mol. The first-order valence-corrected chi connectivity index (χ1v) is 7.84. The fourth-order valence-corrected chi connectivity index (χ4v) is 3.13. The lowest BCUT2D eigenvalue weighted by Gasteiger charge is -2.07. The number of sulfonamides is 1. The summed E-state index contributed by atoms with van der Waals surface area (Å²) in [7, 11) is -3.71. The molecule has 0 fully saturated rings. The summed E-state index contributed by atoms with van der Waals surface area (Å²) < 4.78 is 26.8. The SMILES string of the molecule is NCC#Cc1ccc(S(=O)(=O)NCc2cnc[nH]2)c(Cl)c1. The van der Waals surface area contributed by atoms with E-state index in [0.29, 0.717) is 11.3 Å². The molecule has 0 atom stereocenters. The van der Waals surface area contributed by atoms with Crippen molar-refractivity contribution in [2.45, 2.75) is 11.4 Å². The predicted octanol–water partition coefficient (Wildman–Crippen LogP) is 0.852. The number of aromatic amines is 1. The summed E-state index contributed by atoms with van der Waals surface area (Å²) in [5, 5.41) is 0.107. The smallest absolute Gasteiger partial charge is 0.242 e. The first-order valence-electron chi connectivity index (χ1n) is 5.98. The maximum Gasteiger partial charge on any atom is 0.242 e. The van der Waals surface area contributed by atoms with Crippen molar-refractivity contribution in [3.63, 3.8) is 0 Å². The largest absolute Gasteiger partial charge is 0.347 e. The zero-order valence-corrected chi connectivity index (χ0v) is 12.5. The van der Waals surface area contributed by atoms with E-state index < -0.39 is 10.0 Å². The minimum Gasteiger partial charge on any atom is -0.347 e. The molecule has 1 aromatic heterocycles. The van der Waals surface area contributed by atoms with Gasteiger partial charge in [0.1, 0.15) is 4.90 Å². The van der Waals surface area contributed by atoms with Crippen molar-refractivity contribution < 1.29 is 8.42 Å². The number of rotatable bonds is 4. The highest BCUT2D eigenvalue weighted by Gasteiger charge is 2.17. The molecule has 110 valence electrons. The van der Waals surface area contributed by atoms with Gasteiger partial charge in [0.25, 0.3) is 0 Å². The zero-order valence-electron chi connectivity index (χ0n) is 10.9. The van der Waals surface area contributed by atoms with Gasteiger partial charge in [-0.1, -0.05) is 23.4 Å². The lowest BCUT2D eigenvalue weighted by atomic mass is 10.2. The number of nitrogens with two attached hydrogens (primary N) is 1. The Bertz CT molecular complexity index is 776. The maximum absolute atomic E-state index is 12.2. The van der Waals surface area contributed by atoms with Gasteiger partial charge >= 0.3 is 0 Å². The van der Waals surface area contributed by atoms with Gasteiger partial charge in [0, 0.05) is 17.5 Å². The summed E-state index contributed by atoms with van der Waals surface area (Å²) in [4.78, 5) is 6.62. The third kappa shape index (κ3) is 4.06. The first kappa shape index (κ1) is 15.5. The highest BCUT2D eigenvalue weighted by atomic mass is 35.5. The average molecular weight is 325 g/mol. The van der Waals surface area contributed by atoms with Crippen LogP contribution in [0.2, 0.25) is 5.02 Å². The topological polar surface area (TPSA) is 101 Å². The second kappa shape index (κ2) is 6.74. The van der Waals surface area contributed by atoms with Crippen molar-refractivity contribution >= 4 is 21.6 Å². The molecule has 6 nitrogen and oxygen atoms in total. The van der Waals surface area contributed by atoms with E-state index in [1.165, 1.54) is 24.7 Å². The number of nitrogens with zero attached hydrogens (tertiary/aromatic N) is 1. The van der Waals surface area contributed by atoms with Crippen LogP contribution in [0.25, 0.3) is 0 Å². The molecule has 0 saturated heterocycles. The minimum absolute atomic E-state index is 0.00183. The van der Waals surface area contributed by atoms with Gasteiger partial charge in [0.05, 0.1) is 24.4 Å². The number of aromatic nitrogens is 2. The molecule has 0 spiro atoms. The summed E-state index contributed by atoms with van der Waals surface area (Å²) in [6.45, 7) is 0.330. The highest BCUT2D eigenvalue weighted by Crippen LogP contribution is 2.22. The van der Waals surface area contributed by atoms with Crippen molar-refractivity contribution in [3.05, 3.63) is 47.0 Å². The summed E-state index contributed by atoms with van der Waals surface area (Å²) >= 11 is 6.02. The Morgan fingerprint density at radius 1 is 1.43 bits per heavy atom. The van der Waals surface area contributed by atoms with Gasteiger partial charge in [0.15, 0.2) is 0 Å². The van der Waals surface area contributed by atoms with Crippen molar-refractivity contribution in [1.29, 1.82) is 0 Å². The van der Waals surface area contributed by atoms with E-state index in [2.05, 4.69) is 26.5 Å². The van der Waals surface area contributed by atoms with Crippen LogP contribution in [0.5, 0.6) is 0 Å². The third-order valence-corrected chi connectivity index (χ3v) is 4.45. The van der Waals surface area contributed by atoms with Crippen LogP contribution in [0.3, 0.4) is 0 Å². The number of hydrogen-bond acceptors (Lipinski definition) is 4. The van der Waals surface area contributed by atoms with Crippen LogP contribution in [0, 0.1) is 11.8 Å². The average Bonchev–Trinajstić information content (AvgIpc) is 2.96. The monoisotopic (exact) mass is 324 g/mol. The van der Waals surface area contributed by atoms with Crippen LogP contribution in [0.4, 0.5) is 0 Å². The van der Waals surface area contributed by atoms with E-state index in [1.807, 2.05) is 0 Å². The number of hydrogen-bond donors (Lipinski definition) is 3. The van der Waals surface area contributed by atoms with E-state index >= 15 is 0 Å². The van der Waals surface area contributed by atoms with Crippen LogP contribution >= 0.6 is 11.6 Å². The number of halogens is 1. The maximum atomic E-state index is 12.2. The molecule has 1 aromatic carbocycles. The van der Waals surface area contributed by atoms with Gasteiger partial charge in [-0.3, -0.25) is 0 Å². The van der Waals surface area contributed by atoms with Gasteiger partial charge in [-0.25, -0.2) is 18.1 Å². The first-order chi connectivity index (χ1) is 10.0. The molecular formula is C13H13ClN4O2S. The van der Waals surface area contributed by atoms with Crippen molar-refractivity contribution in [1.82, 2.24) is 14.7 Å². The summed E-state index contributed by atoms with van der Waals surface area (Å²) in [6, 6.07) is 4.49. The normalized spacial score (nSPS) is 11.0. The number of benzene rings is 1. The second-order valence-corrected chi connectivity index (χ2v) is 6.20.